The number of nitro groups is 1. The molecule has 8 nitrogen and oxygen atoms in total. The highest BCUT2D eigenvalue weighted by Gasteiger charge is 2.24. The zero-order valence-corrected chi connectivity index (χ0v) is 12.4. The Morgan fingerprint density at radius 3 is 2.52 bits per heavy atom. The summed E-state index contributed by atoms with van der Waals surface area (Å²) in [5, 5.41) is 16.1. The van der Waals surface area contributed by atoms with E-state index in [0.29, 0.717) is 0 Å². The molecule has 2 rings (SSSR count). The van der Waals surface area contributed by atoms with Crippen LogP contribution in [0.2, 0.25) is 0 Å². The molecule has 0 amide bonds. The molecule has 116 valence electrons. The summed E-state index contributed by atoms with van der Waals surface area (Å²) in [6.07, 6.45) is 1.43. The highest BCUT2D eigenvalue weighted by Crippen LogP contribution is 2.31. The zero-order chi connectivity index (χ0) is 15.6. The number of nitro benzene ring substituents is 1. The van der Waals surface area contributed by atoms with E-state index < -0.39 is 14.9 Å². The molecule has 1 aromatic carbocycles. The fourth-order valence-corrected chi connectivity index (χ4v) is 2.73. The van der Waals surface area contributed by atoms with Crippen molar-refractivity contribution in [2.24, 2.45) is 5.14 Å². The van der Waals surface area contributed by atoms with E-state index in [0.717, 1.165) is 32.0 Å². The molecule has 21 heavy (non-hydrogen) atoms. The molecule has 1 aliphatic heterocycles. The van der Waals surface area contributed by atoms with Crippen molar-refractivity contribution in [3.63, 3.8) is 0 Å². The van der Waals surface area contributed by atoms with Gasteiger partial charge in [-0.2, -0.15) is 0 Å². The van der Waals surface area contributed by atoms with E-state index in [1.807, 2.05) is 7.05 Å². The Balaban J connectivity index is 2.25. The molecule has 0 spiro atoms. The minimum Gasteiger partial charge on any atom is -0.483 e. The maximum Gasteiger partial charge on any atom is 0.312 e. The number of hydrogen-bond acceptors (Lipinski definition) is 6. The fraction of sp³-hybridized carbons (Fsp3) is 0.500. The molecule has 1 saturated heterocycles. The summed E-state index contributed by atoms with van der Waals surface area (Å²) in [5.74, 6) is 0.0713. The maximum atomic E-state index is 11.3. The van der Waals surface area contributed by atoms with Crippen molar-refractivity contribution >= 4 is 15.7 Å². The first-order valence-corrected chi connectivity index (χ1v) is 7.98. The van der Waals surface area contributed by atoms with Gasteiger partial charge in [0.15, 0.2) is 5.75 Å². The molecule has 0 atom stereocenters. The maximum absolute atomic E-state index is 11.3. The van der Waals surface area contributed by atoms with E-state index >= 15 is 0 Å². The Kier molecular flexibility index (Phi) is 4.45. The summed E-state index contributed by atoms with van der Waals surface area (Å²) >= 11 is 0. The molecular weight excluding hydrogens is 298 g/mol. The summed E-state index contributed by atoms with van der Waals surface area (Å²) in [6, 6.07) is 3.43. The number of likely N-dealkylation sites (tertiary alicyclic amines) is 1. The standard InChI is InChI=1S/C12H17N3O5S/c1-14-6-4-9(5-7-14)20-12-3-2-10(21(13,18)19)8-11(12)15(16)17/h2-3,8-9H,4-7H2,1H3,(H2,13,18,19). The normalized spacial score (nSPS) is 17.6. The van der Waals surface area contributed by atoms with E-state index in [1.165, 1.54) is 12.1 Å². The van der Waals surface area contributed by atoms with E-state index in [2.05, 4.69) is 4.90 Å². The van der Waals surface area contributed by atoms with Crippen LogP contribution in [-0.4, -0.2) is 44.5 Å². The van der Waals surface area contributed by atoms with Crippen LogP contribution in [-0.2, 0) is 10.0 Å². The lowest BCUT2D eigenvalue weighted by Crippen LogP contribution is -2.35. The Morgan fingerprint density at radius 2 is 2.00 bits per heavy atom. The first-order chi connectivity index (χ1) is 9.77. The van der Waals surface area contributed by atoms with Gasteiger partial charge in [0, 0.05) is 19.2 Å². The topological polar surface area (TPSA) is 116 Å². The second-order valence-corrected chi connectivity index (χ2v) is 6.61. The lowest BCUT2D eigenvalue weighted by atomic mass is 10.1. The summed E-state index contributed by atoms with van der Waals surface area (Å²) in [6.45, 7) is 1.71. The fourth-order valence-electron chi connectivity index (χ4n) is 2.20. The van der Waals surface area contributed by atoms with Crippen LogP contribution >= 0.6 is 0 Å². The predicted octanol–water partition coefficient (Wildman–Crippen LogP) is 0.715. The van der Waals surface area contributed by atoms with Crippen molar-refractivity contribution in [2.75, 3.05) is 20.1 Å². The number of sulfonamides is 1. The highest BCUT2D eigenvalue weighted by atomic mass is 32.2. The molecule has 1 fully saturated rings. The third-order valence-electron chi connectivity index (χ3n) is 3.41. The Labute approximate surface area is 122 Å². The van der Waals surface area contributed by atoms with Crippen molar-refractivity contribution in [3.05, 3.63) is 28.3 Å². The number of nitrogens with two attached hydrogens (primary N) is 1. The summed E-state index contributed by atoms with van der Waals surface area (Å²) in [5.41, 5.74) is -0.388. The number of ether oxygens (including phenoxy) is 1. The largest absolute Gasteiger partial charge is 0.483 e. The smallest absolute Gasteiger partial charge is 0.312 e. The van der Waals surface area contributed by atoms with Crippen LogP contribution in [0.25, 0.3) is 0 Å². The third-order valence-corrected chi connectivity index (χ3v) is 4.33. The number of hydrogen-bond donors (Lipinski definition) is 1. The van der Waals surface area contributed by atoms with Crippen LogP contribution in [0, 0.1) is 10.1 Å². The van der Waals surface area contributed by atoms with Gasteiger partial charge in [-0.15, -0.1) is 0 Å². The quantitative estimate of drug-likeness (QED) is 0.646. The van der Waals surface area contributed by atoms with Gasteiger partial charge in [0.2, 0.25) is 10.0 Å². The molecule has 1 heterocycles. The molecule has 0 aliphatic carbocycles. The molecule has 1 aliphatic rings. The van der Waals surface area contributed by atoms with Gasteiger partial charge in [-0.3, -0.25) is 10.1 Å². The van der Waals surface area contributed by atoms with Gasteiger partial charge in [0.1, 0.15) is 6.10 Å². The van der Waals surface area contributed by atoms with Gasteiger partial charge in [-0.1, -0.05) is 0 Å². The van der Waals surface area contributed by atoms with E-state index in [4.69, 9.17) is 9.88 Å². The monoisotopic (exact) mass is 315 g/mol. The van der Waals surface area contributed by atoms with E-state index in [9.17, 15) is 18.5 Å². The third kappa shape index (κ3) is 3.90. The Bertz CT molecular complexity index is 638. The first-order valence-electron chi connectivity index (χ1n) is 6.44. The van der Waals surface area contributed by atoms with Crippen LogP contribution < -0.4 is 9.88 Å². The van der Waals surface area contributed by atoms with Crippen molar-refractivity contribution in [3.8, 4) is 5.75 Å². The summed E-state index contributed by atoms with van der Waals surface area (Å²) < 4.78 is 28.2. The second-order valence-electron chi connectivity index (χ2n) is 5.05. The van der Waals surface area contributed by atoms with Gasteiger partial charge in [0.25, 0.3) is 0 Å². The summed E-state index contributed by atoms with van der Waals surface area (Å²) in [4.78, 5) is 12.3. The van der Waals surface area contributed by atoms with Crippen molar-refractivity contribution in [1.82, 2.24) is 4.90 Å². The molecule has 0 unspecified atom stereocenters. The van der Waals surface area contributed by atoms with Crippen LogP contribution in [0.15, 0.2) is 23.1 Å². The molecule has 2 N–H and O–H groups in total. The predicted molar refractivity (Wildman–Crippen MR) is 75.6 cm³/mol. The lowest BCUT2D eigenvalue weighted by Gasteiger charge is -2.29. The van der Waals surface area contributed by atoms with Gasteiger partial charge >= 0.3 is 5.69 Å². The molecule has 0 saturated carbocycles. The second kappa shape index (κ2) is 5.96. The van der Waals surface area contributed by atoms with Crippen molar-refractivity contribution < 1.29 is 18.1 Å². The van der Waals surface area contributed by atoms with Gasteiger partial charge in [0.05, 0.1) is 9.82 Å². The first kappa shape index (κ1) is 15.7. The average molecular weight is 315 g/mol. The van der Waals surface area contributed by atoms with E-state index in [1.54, 1.807) is 0 Å². The number of piperidine rings is 1. The SMILES string of the molecule is CN1CCC(Oc2ccc(S(N)(=O)=O)cc2[N+](=O)[O-])CC1. The molecular formula is C12H17N3O5S. The van der Waals surface area contributed by atoms with E-state index in [-0.39, 0.29) is 22.4 Å². The van der Waals surface area contributed by atoms with Gasteiger partial charge < -0.3 is 9.64 Å². The number of benzene rings is 1. The molecule has 0 aromatic heterocycles. The van der Waals surface area contributed by atoms with Crippen LogP contribution in [0.3, 0.4) is 0 Å². The van der Waals surface area contributed by atoms with Crippen LogP contribution in [0.1, 0.15) is 12.8 Å². The number of rotatable bonds is 4. The van der Waals surface area contributed by atoms with Gasteiger partial charge in [-0.25, -0.2) is 13.6 Å². The Morgan fingerprint density at radius 1 is 1.38 bits per heavy atom. The van der Waals surface area contributed by atoms with Crippen molar-refractivity contribution in [2.45, 2.75) is 23.8 Å². The molecule has 1 aromatic rings. The lowest BCUT2D eigenvalue weighted by molar-refractivity contribution is -0.386. The Hall–Kier alpha value is -1.71. The molecule has 0 radical (unpaired) electrons. The van der Waals surface area contributed by atoms with Gasteiger partial charge in [-0.05, 0) is 32.0 Å². The van der Waals surface area contributed by atoms with Crippen LogP contribution in [0.4, 0.5) is 5.69 Å². The minimum absolute atomic E-state index is 0.0713. The molecule has 9 heteroatoms. The van der Waals surface area contributed by atoms with Crippen molar-refractivity contribution in [1.29, 1.82) is 0 Å². The average Bonchev–Trinajstić information content (AvgIpc) is 2.40. The number of primary sulfonamides is 1. The zero-order valence-electron chi connectivity index (χ0n) is 11.6. The van der Waals surface area contributed by atoms with Crippen LogP contribution in [0.5, 0.6) is 5.75 Å². The molecule has 0 bridgehead atoms. The number of nitrogens with zero attached hydrogens (tertiary/aromatic N) is 2. The summed E-state index contributed by atoms with van der Waals surface area (Å²) in [7, 11) is -1.98. The highest BCUT2D eigenvalue weighted by molar-refractivity contribution is 7.89. The minimum atomic E-state index is -3.98.